The van der Waals surface area contributed by atoms with Gasteiger partial charge in [0.15, 0.2) is 11.5 Å². The zero-order valence-electron chi connectivity index (χ0n) is 18.1. The zero-order valence-corrected chi connectivity index (χ0v) is 18.1. The second kappa shape index (κ2) is 10.1. The summed E-state index contributed by atoms with van der Waals surface area (Å²) in [6, 6.07) is 9.94. The maximum atomic E-state index is 13.1. The maximum absolute atomic E-state index is 13.1. The molecular weight excluding hydrogens is 396 g/mol. The highest BCUT2D eigenvalue weighted by atomic mass is 16.5. The molecule has 1 amide bonds. The van der Waals surface area contributed by atoms with Gasteiger partial charge in [-0.25, -0.2) is 0 Å². The van der Waals surface area contributed by atoms with Crippen LogP contribution in [0.3, 0.4) is 0 Å². The van der Waals surface area contributed by atoms with Crippen molar-refractivity contribution >= 4 is 17.8 Å². The Balaban J connectivity index is 1.97. The van der Waals surface area contributed by atoms with Gasteiger partial charge in [0.2, 0.25) is 0 Å². The van der Waals surface area contributed by atoms with Gasteiger partial charge in [0.25, 0.3) is 5.91 Å². The summed E-state index contributed by atoms with van der Waals surface area (Å²) in [4.78, 5) is 29.8. The Morgan fingerprint density at radius 2 is 2.03 bits per heavy atom. The van der Waals surface area contributed by atoms with E-state index in [4.69, 9.17) is 9.15 Å². The van der Waals surface area contributed by atoms with Crippen molar-refractivity contribution < 1.29 is 23.8 Å². The number of ketones is 1. The summed E-state index contributed by atoms with van der Waals surface area (Å²) >= 11 is 0. The average Bonchev–Trinajstić information content (AvgIpc) is 3.40. The molecule has 1 atom stereocenters. The summed E-state index contributed by atoms with van der Waals surface area (Å²) in [7, 11) is 1.56. The lowest BCUT2D eigenvalue weighted by Gasteiger charge is -2.29. The van der Waals surface area contributed by atoms with Gasteiger partial charge in [0.1, 0.15) is 11.5 Å². The number of aliphatic hydroxyl groups is 1. The van der Waals surface area contributed by atoms with Crippen LogP contribution < -0.4 is 4.74 Å². The van der Waals surface area contributed by atoms with Crippen molar-refractivity contribution in [2.45, 2.75) is 19.9 Å². The number of rotatable bonds is 10. The molecule has 164 valence electrons. The standard InChI is InChI=1S/C24H28N2O5/c1-4-25(5-2)13-14-26-22(17-8-6-9-19(16-17)30-3)21(23(28)24(26)29)20(27)12-11-18-10-7-15-31-18/h6-12,15-16,22,28H,4-5,13-14H2,1-3H3/b12-11+. The fraction of sp³-hybridized carbons (Fsp3) is 0.333. The van der Waals surface area contributed by atoms with E-state index in [0.717, 1.165) is 13.1 Å². The van der Waals surface area contributed by atoms with Crippen molar-refractivity contribution in [3.05, 3.63) is 71.4 Å². The molecule has 31 heavy (non-hydrogen) atoms. The third kappa shape index (κ3) is 4.88. The van der Waals surface area contributed by atoms with Crippen molar-refractivity contribution in [2.75, 3.05) is 33.3 Å². The van der Waals surface area contributed by atoms with Crippen LogP contribution in [-0.2, 0) is 9.59 Å². The monoisotopic (exact) mass is 424 g/mol. The van der Waals surface area contributed by atoms with Gasteiger partial charge in [0.05, 0.1) is 25.0 Å². The molecule has 0 radical (unpaired) electrons. The van der Waals surface area contributed by atoms with E-state index < -0.39 is 23.5 Å². The first-order chi connectivity index (χ1) is 15.0. The normalized spacial score (nSPS) is 16.7. The van der Waals surface area contributed by atoms with Gasteiger partial charge < -0.3 is 24.1 Å². The van der Waals surface area contributed by atoms with Gasteiger partial charge in [-0.05, 0) is 55.1 Å². The summed E-state index contributed by atoms with van der Waals surface area (Å²) in [6.07, 6.45) is 4.35. The number of aliphatic hydroxyl groups excluding tert-OH is 1. The van der Waals surface area contributed by atoms with Gasteiger partial charge >= 0.3 is 0 Å². The molecule has 0 bridgehead atoms. The highest BCUT2D eigenvalue weighted by molar-refractivity contribution is 6.14. The molecule has 0 fully saturated rings. The molecule has 0 saturated heterocycles. The SMILES string of the molecule is CCN(CC)CCN1C(=O)C(O)=C(C(=O)/C=C/c2ccco2)C1c1cccc(OC)c1. The molecule has 0 aliphatic carbocycles. The lowest BCUT2D eigenvalue weighted by molar-refractivity contribution is -0.129. The Hall–Kier alpha value is -3.32. The van der Waals surface area contributed by atoms with Gasteiger partial charge in [0, 0.05) is 13.1 Å². The fourth-order valence-electron chi connectivity index (χ4n) is 3.72. The molecule has 1 N–H and O–H groups in total. The van der Waals surface area contributed by atoms with E-state index in [0.29, 0.717) is 30.2 Å². The number of nitrogens with zero attached hydrogens (tertiary/aromatic N) is 2. The first-order valence-corrected chi connectivity index (χ1v) is 10.4. The second-order valence-electron chi connectivity index (χ2n) is 7.18. The zero-order chi connectivity index (χ0) is 22.4. The molecule has 7 heteroatoms. The number of benzene rings is 1. The van der Waals surface area contributed by atoms with Crippen LogP contribution in [0.15, 0.2) is 64.5 Å². The van der Waals surface area contributed by atoms with Gasteiger partial charge in [-0.3, -0.25) is 9.59 Å². The van der Waals surface area contributed by atoms with E-state index in [2.05, 4.69) is 18.7 Å². The van der Waals surface area contributed by atoms with Gasteiger partial charge in [-0.2, -0.15) is 0 Å². The lowest BCUT2D eigenvalue weighted by Crippen LogP contribution is -2.38. The number of hydrogen-bond donors (Lipinski definition) is 1. The number of allylic oxidation sites excluding steroid dienone is 1. The molecule has 3 rings (SSSR count). The van der Waals surface area contributed by atoms with Crippen LogP contribution in [0.1, 0.15) is 31.2 Å². The highest BCUT2D eigenvalue weighted by Gasteiger charge is 2.42. The first-order valence-electron chi connectivity index (χ1n) is 10.4. The average molecular weight is 424 g/mol. The number of hydrogen-bond acceptors (Lipinski definition) is 6. The van der Waals surface area contributed by atoms with E-state index in [9.17, 15) is 14.7 Å². The summed E-state index contributed by atoms with van der Waals surface area (Å²) in [6.45, 7) is 6.82. The van der Waals surface area contributed by atoms with E-state index >= 15 is 0 Å². The van der Waals surface area contributed by atoms with E-state index in [1.165, 1.54) is 18.4 Å². The van der Waals surface area contributed by atoms with Crippen LogP contribution in [0, 0.1) is 0 Å². The van der Waals surface area contributed by atoms with Crippen molar-refractivity contribution in [3.63, 3.8) is 0 Å². The Kier molecular flexibility index (Phi) is 7.31. The Morgan fingerprint density at radius 1 is 1.26 bits per heavy atom. The molecule has 2 heterocycles. The minimum atomic E-state index is -0.702. The number of amides is 1. The third-order valence-corrected chi connectivity index (χ3v) is 5.47. The van der Waals surface area contributed by atoms with Gasteiger partial charge in [-0.1, -0.05) is 26.0 Å². The van der Waals surface area contributed by atoms with Crippen LogP contribution >= 0.6 is 0 Å². The molecular formula is C24H28N2O5. The predicted octanol–water partition coefficient (Wildman–Crippen LogP) is 3.61. The van der Waals surface area contributed by atoms with E-state index in [-0.39, 0.29) is 5.57 Å². The lowest BCUT2D eigenvalue weighted by atomic mass is 9.95. The molecule has 1 unspecified atom stereocenters. The smallest absolute Gasteiger partial charge is 0.290 e. The number of carbonyl (C=O) groups is 2. The Bertz CT molecular complexity index is 974. The number of furan rings is 1. The molecule has 1 aromatic heterocycles. The summed E-state index contributed by atoms with van der Waals surface area (Å²) in [5, 5.41) is 10.7. The molecule has 0 saturated carbocycles. The van der Waals surface area contributed by atoms with Crippen LogP contribution in [0.25, 0.3) is 6.08 Å². The molecule has 2 aromatic rings. The minimum absolute atomic E-state index is 0.0561. The second-order valence-corrected chi connectivity index (χ2v) is 7.18. The molecule has 1 aliphatic rings. The largest absolute Gasteiger partial charge is 0.503 e. The van der Waals surface area contributed by atoms with Crippen LogP contribution in [0.4, 0.5) is 0 Å². The van der Waals surface area contributed by atoms with Crippen LogP contribution in [0.5, 0.6) is 5.75 Å². The minimum Gasteiger partial charge on any atom is -0.503 e. The van der Waals surface area contributed by atoms with Crippen molar-refractivity contribution in [1.29, 1.82) is 0 Å². The van der Waals surface area contributed by atoms with Gasteiger partial charge in [-0.15, -0.1) is 0 Å². The third-order valence-electron chi connectivity index (χ3n) is 5.47. The molecule has 7 nitrogen and oxygen atoms in total. The summed E-state index contributed by atoms with van der Waals surface area (Å²) in [5.74, 6) is -0.386. The van der Waals surface area contributed by atoms with E-state index in [1.807, 2.05) is 6.07 Å². The number of methoxy groups -OCH3 is 1. The first kappa shape index (κ1) is 22.4. The molecule has 1 aromatic carbocycles. The van der Waals surface area contributed by atoms with Crippen LogP contribution in [0.2, 0.25) is 0 Å². The number of carbonyl (C=O) groups excluding carboxylic acids is 2. The quantitative estimate of drug-likeness (QED) is 0.587. The van der Waals surface area contributed by atoms with Crippen LogP contribution in [-0.4, -0.2) is 59.9 Å². The molecule has 1 aliphatic heterocycles. The highest BCUT2D eigenvalue weighted by Crippen LogP contribution is 2.38. The topological polar surface area (TPSA) is 83.2 Å². The van der Waals surface area contributed by atoms with E-state index in [1.54, 1.807) is 42.3 Å². The number of likely N-dealkylation sites (N-methyl/N-ethyl adjacent to an activating group) is 1. The Labute approximate surface area is 182 Å². The summed E-state index contributed by atoms with van der Waals surface area (Å²) in [5.41, 5.74) is 0.756. The fourth-order valence-corrected chi connectivity index (χ4v) is 3.72. The predicted molar refractivity (Wildman–Crippen MR) is 118 cm³/mol. The maximum Gasteiger partial charge on any atom is 0.290 e. The van der Waals surface area contributed by atoms with Crippen molar-refractivity contribution in [2.24, 2.45) is 0 Å². The van der Waals surface area contributed by atoms with Crippen molar-refractivity contribution in [3.8, 4) is 5.75 Å². The Morgan fingerprint density at radius 3 is 2.68 bits per heavy atom. The molecule has 0 spiro atoms. The summed E-state index contributed by atoms with van der Waals surface area (Å²) < 4.78 is 10.6. The van der Waals surface area contributed by atoms with Crippen molar-refractivity contribution in [1.82, 2.24) is 9.80 Å². The number of ether oxygens (including phenoxy) is 1.